The molecule has 0 N–H and O–H groups in total. The van der Waals surface area contributed by atoms with Crippen LogP contribution in [0.1, 0.15) is 39.7 Å². The second kappa shape index (κ2) is 7.44. The number of hydrogen-bond donors (Lipinski definition) is 0. The quantitative estimate of drug-likeness (QED) is 0.606. The molecule has 8 nitrogen and oxygen atoms in total. The zero-order valence-electron chi connectivity index (χ0n) is 18.1. The molecule has 0 radical (unpaired) electrons. The molecule has 2 aliphatic rings. The fourth-order valence-corrected chi connectivity index (χ4v) is 4.21. The first-order chi connectivity index (χ1) is 14.8. The minimum atomic E-state index is -0.492. The predicted molar refractivity (Wildman–Crippen MR) is 120 cm³/mol. The second-order valence-corrected chi connectivity index (χ2v) is 9.69. The standard InChI is InChI=1S/C22H27ClN6O2/c1-22(2,3)31-21(30)27-8-6-26(7-9-27)20-11-19-15(10-18(20)23)12-25-29(19)17-13-24-28(14-17)16-4-5-16/h10-14,16H,4-9H2,1-3H3. The van der Waals surface area contributed by atoms with E-state index >= 15 is 0 Å². The summed E-state index contributed by atoms with van der Waals surface area (Å²) in [6.45, 7) is 8.22. The van der Waals surface area contributed by atoms with E-state index in [9.17, 15) is 4.79 Å². The summed E-state index contributed by atoms with van der Waals surface area (Å²) in [5.74, 6) is 0. The Balaban J connectivity index is 1.36. The molecule has 9 heteroatoms. The molecule has 2 fully saturated rings. The van der Waals surface area contributed by atoms with Crippen LogP contribution < -0.4 is 4.90 Å². The van der Waals surface area contributed by atoms with Gasteiger partial charge in [0.2, 0.25) is 0 Å². The summed E-state index contributed by atoms with van der Waals surface area (Å²) in [6.07, 6.45) is 7.86. The van der Waals surface area contributed by atoms with Gasteiger partial charge in [-0.3, -0.25) is 4.68 Å². The zero-order chi connectivity index (χ0) is 21.8. The van der Waals surface area contributed by atoms with E-state index in [1.54, 1.807) is 4.90 Å². The Morgan fingerprint density at radius 3 is 2.52 bits per heavy atom. The van der Waals surface area contributed by atoms with Crippen LogP contribution in [-0.4, -0.2) is 62.3 Å². The molecule has 1 aliphatic heterocycles. The van der Waals surface area contributed by atoms with Crippen LogP contribution in [-0.2, 0) is 4.74 Å². The highest BCUT2D eigenvalue weighted by Crippen LogP contribution is 2.35. The maximum absolute atomic E-state index is 12.4. The lowest BCUT2D eigenvalue weighted by molar-refractivity contribution is 0.0240. The molecule has 1 aromatic carbocycles. The first-order valence-corrected chi connectivity index (χ1v) is 11.1. The molecule has 3 heterocycles. The molecule has 164 valence electrons. The number of anilines is 1. The molecule has 5 rings (SSSR count). The normalized spacial score (nSPS) is 17.4. The molecular weight excluding hydrogens is 416 g/mol. The number of carbonyl (C=O) groups is 1. The summed E-state index contributed by atoms with van der Waals surface area (Å²) in [4.78, 5) is 16.3. The minimum absolute atomic E-state index is 0.264. The van der Waals surface area contributed by atoms with Crippen LogP contribution >= 0.6 is 11.6 Å². The van der Waals surface area contributed by atoms with E-state index in [2.05, 4.69) is 27.4 Å². The Kier molecular flexibility index (Phi) is 4.84. The Hall–Kier alpha value is -2.74. The van der Waals surface area contributed by atoms with E-state index in [0.717, 1.165) is 22.3 Å². The number of aromatic nitrogens is 4. The van der Waals surface area contributed by atoms with Crippen molar-refractivity contribution in [3.63, 3.8) is 0 Å². The van der Waals surface area contributed by atoms with Crippen LogP contribution in [0, 0.1) is 0 Å². The van der Waals surface area contributed by atoms with Crippen LogP contribution in [0.5, 0.6) is 0 Å². The monoisotopic (exact) mass is 442 g/mol. The third-order valence-corrected chi connectivity index (χ3v) is 5.96. The van der Waals surface area contributed by atoms with Gasteiger partial charge >= 0.3 is 6.09 Å². The van der Waals surface area contributed by atoms with Crippen molar-refractivity contribution < 1.29 is 9.53 Å². The van der Waals surface area contributed by atoms with Gasteiger partial charge in [0.25, 0.3) is 0 Å². The van der Waals surface area contributed by atoms with Crippen molar-refractivity contribution in [1.82, 2.24) is 24.5 Å². The molecule has 1 saturated carbocycles. The summed E-state index contributed by atoms with van der Waals surface area (Å²) in [5, 5.41) is 10.7. The lowest BCUT2D eigenvalue weighted by Gasteiger charge is -2.37. The van der Waals surface area contributed by atoms with Crippen LogP contribution in [0.2, 0.25) is 5.02 Å². The van der Waals surface area contributed by atoms with Crippen molar-refractivity contribution in [3.8, 4) is 5.69 Å². The number of amides is 1. The highest BCUT2D eigenvalue weighted by molar-refractivity contribution is 6.34. The maximum atomic E-state index is 12.4. The number of nitrogens with zero attached hydrogens (tertiary/aromatic N) is 6. The second-order valence-electron chi connectivity index (χ2n) is 9.28. The van der Waals surface area contributed by atoms with Crippen molar-refractivity contribution in [2.45, 2.75) is 45.3 Å². The van der Waals surface area contributed by atoms with Gasteiger partial charge in [-0.2, -0.15) is 10.2 Å². The third-order valence-electron chi connectivity index (χ3n) is 5.66. The number of ether oxygens (including phenoxy) is 1. The average molecular weight is 443 g/mol. The van der Waals surface area contributed by atoms with Gasteiger partial charge in [-0.15, -0.1) is 0 Å². The Morgan fingerprint density at radius 2 is 1.84 bits per heavy atom. The van der Waals surface area contributed by atoms with Gasteiger partial charge in [0.1, 0.15) is 11.3 Å². The average Bonchev–Trinajstić information content (AvgIpc) is 3.31. The van der Waals surface area contributed by atoms with Gasteiger partial charge in [0.05, 0.1) is 40.9 Å². The number of piperazine rings is 1. The molecular formula is C22H27ClN6O2. The van der Waals surface area contributed by atoms with Crippen molar-refractivity contribution in [2.24, 2.45) is 0 Å². The first kappa shape index (κ1) is 20.2. The number of benzene rings is 1. The van der Waals surface area contributed by atoms with Gasteiger partial charge in [0, 0.05) is 31.6 Å². The molecule has 3 aromatic rings. The summed E-state index contributed by atoms with van der Waals surface area (Å²) in [5.41, 5.74) is 2.40. The van der Waals surface area contributed by atoms with Gasteiger partial charge in [0.15, 0.2) is 0 Å². The minimum Gasteiger partial charge on any atom is -0.444 e. The van der Waals surface area contributed by atoms with Gasteiger partial charge < -0.3 is 14.5 Å². The third kappa shape index (κ3) is 4.08. The Labute approximate surface area is 186 Å². The van der Waals surface area contributed by atoms with Crippen molar-refractivity contribution in [1.29, 1.82) is 0 Å². The van der Waals surface area contributed by atoms with Crippen molar-refractivity contribution >= 4 is 34.3 Å². The number of fused-ring (bicyclic) bond motifs is 1. The Bertz CT molecular complexity index is 1120. The summed E-state index contributed by atoms with van der Waals surface area (Å²) in [7, 11) is 0. The molecule has 1 amide bonds. The van der Waals surface area contributed by atoms with E-state index in [1.807, 2.05) is 48.6 Å². The number of carbonyl (C=O) groups excluding carboxylic acids is 1. The lowest BCUT2D eigenvalue weighted by Crippen LogP contribution is -2.50. The summed E-state index contributed by atoms with van der Waals surface area (Å²) < 4.78 is 9.44. The molecule has 0 spiro atoms. The highest BCUT2D eigenvalue weighted by Gasteiger charge is 2.27. The number of hydrogen-bond acceptors (Lipinski definition) is 5. The Morgan fingerprint density at radius 1 is 1.10 bits per heavy atom. The smallest absolute Gasteiger partial charge is 0.410 e. The molecule has 1 saturated heterocycles. The summed E-state index contributed by atoms with van der Waals surface area (Å²) in [6, 6.07) is 4.57. The van der Waals surface area contributed by atoms with Crippen LogP contribution in [0.4, 0.5) is 10.5 Å². The van der Waals surface area contributed by atoms with Crippen molar-refractivity contribution in [2.75, 3.05) is 31.1 Å². The van der Waals surface area contributed by atoms with E-state index in [1.165, 1.54) is 12.8 Å². The first-order valence-electron chi connectivity index (χ1n) is 10.7. The van der Waals surface area contributed by atoms with E-state index < -0.39 is 5.60 Å². The van der Waals surface area contributed by atoms with Gasteiger partial charge in [-0.1, -0.05) is 11.6 Å². The highest BCUT2D eigenvalue weighted by atomic mass is 35.5. The molecule has 31 heavy (non-hydrogen) atoms. The number of halogens is 1. The fourth-order valence-electron chi connectivity index (χ4n) is 3.92. The van der Waals surface area contributed by atoms with Gasteiger partial charge in [-0.05, 0) is 45.7 Å². The van der Waals surface area contributed by atoms with E-state index in [4.69, 9.17) is 16.3 Å². The van der Waals surface area contributed by atoms with Crippen LogP contribution in [0.15, 0.2) is 30.7 Å². The zero-order valence-corrected chi connectivity index (χ0v) is 18.8. The fraction of sp³-hybridized carbons (Fsp3) is 0.500. The molecule has 2 aromatic heterocycles. The molecule has 0 unspecified atom stereocenters. The van der Waals surface area contributed by atoms with E-state index in [-0.39, 0.29) is 6.09 Å². The largest absolute Gasteiger partial charge is 0.444 e. The molecule has 0 atom stereocenters. The molecule has 1 aliphatic carbocycles. The molecule has 0 bridgehead atoms. The predicted octanol–water partition coefficient (Wildman–Crippen LogP) is 4.27. The maximum Gasteiger partial charge on any atom is 0.410 e. The van der Waals surface area contributed by atoms with E-state index in [0.29, 0.717) is 37.2 Å². The number of rotatable bonds is 3. The topological polar surface area (TPSA) is 68.4 Å². The SMILES string of the molecule is CC(C)(C)OC(=O)N1CCN(c2cc3c(cnn3-c3cnn(C4CC4)c3)cc2Cl)CC1. The lowest BCUT2D eigenvalue weighted by atomic mass is 10.2. The van der Waals surface area contributed by atoms with Crippen LogP contribution in [0.3, 0.4) is 0 Å². The van der Waals surface area contributed by atoms with Crippen molar-refractivity contribution in [3.05, 3.63) is 35.7 Å². The van der Waals surface area contributed by atoms with Crippen LogP contribution in [0.25, 0.3) is 16.6 Å². The van der Waals surface area contributed by atoms with Gasteiger partial charge in [-0.25, -0.2) is 9.48 Å². The summed E-state index contributed by atoms with van der Waals surface area (Å²) >= 11 is 6.63.